The van der Waals surface area contributed by atoms with Gasteiger partial charge in [-0.05, 0) is 43.7 Å². The van der Waals surface area contributed by atoms with Crippen molar-refractivity contribution >= 4 is 18.3 Å². The van der Waals surface area contributed by atoms with E-state index in [2.05, 4.69) is 12.2 Å². The van der Waals surface area contributed by atoms with E-state index in [-0.39, 0.29) is 18.3 Å². The maximum absolute atomic E-state index is 11.7. The second-order valence-electron chi connectivity index (χ2n) is 4.12. The summed E-state index contributed by atoms with van der Waals surface area (Å²) < 4.78 is 5.53. The van der Waals surface area contributed by atoms with Crippen molar-refractivity contribution in [3.05, 3.63) is 29.8 Å². The van der Waals surface area contributed by atoms with E-state index in [9.17, 15) is 4.79 Å². The molecule has 0 saturated heterocycles. The van der Waals surface area contributed by atoms with Crippen LogP contribution in [-0.2, 0) is 0 Å². The highest BCUT2D eigenvalue weighted by molar-refractivity contribution is 5.94. The molecule has 0 bridgehead atoms. The van der Waals surface area contributed by atoms with Gasteiger partial charge in [-0.1, -0.05) is 13.3 Å². The van der Waals surface area contributed by atoms with E-state index >= 15 is 0 Å². The lowest BCUT2D eigenvalue weighted by molar-refractivity contribution is 0.0953. The fourth-order valence-corrected chi connectivity index (χ4v) is 1.44. The topological polar surface area (TPSA) is 64.3 Å². The normalized spacial score (nSPS) is 9.58. The van der Waals surface area contributed by atoms with Gasteiger partial charge in [0.1, 0.15) is 5.75 Å². The van der Waals surface area contributed by atoms with Crippen LogP contribution in [0.25, 0.3) is 0 Å². The smallest absolute Gasteiger partial charge is 0.251 e. The van der Waals surface area contributed by atoms with Crippen molar-refractivity contribution in [2.75, 3.05) is 19.7 Å². The monoisotopic (exact) mass is 286 g/mol. The Bertz CT molecular complexity index is 355. The maximum Gasteiger partial charge on any atom is 0.251 e. The fourth-order valence-electron chi connectivity index (χ4n) is 1.44. The predicted molar refractivity (Wildman–Crippen MR) is 80.1 cm³/mol. The average molecular weight is 287 g/mol. The first kappa shape index (κ1) is 17.7. The molecule has 0 aliphatic heterocycles. The van der Waals surface area contributed by atoms with Crippen molar-refractivity contribution in [1.82, 2.24) is 5.32 Å². The molecule has 1 aromatic carbocycles. The van der Waals surface area contributed by atoms with Crippen LogP contribution >= 0.6 is 12.4 Å². The molecule has 0 aromatic heterocycles. The summed E-state index contributed by atoms with van der Waals surface area (Å²) in [5.74, 6) is 0.741. The van der Waals surface area contributed by atoms with Gasteiger partial charge < -0.3 is 15.8 Å². The number of halogens is 1. The number of ether oxygens (including phenoxy) is 1. The minimum absolute atomic E-state index is 0. The number of nitrogens with one attached hydrogen (secondary N) is 1. The third kappa shape index (κ3) is 7.03. The number of unbranched alkanes of at least 4 members (excludes halogenated alkanes) is 1. The summed E-state index contributed by atoms with van der Waals surface area (Å²) in [5, 5.41) is 2.81. The summed E-state index contributed by atoms with van der Waals surface area (Å²) in [5.41, 5.74) is 6.01. The zero-order valence-corrected chi connectivity index (χ0v) is 12.2. The van der Waals surface area contributed by atoms with Gasteiger partial charge in [-0.3, -0.25) is 4.79 Å². The first-order chi connectivity index (χ1) is 8.77. The second-order valence-corrected chi connectivity index (χ2v) is 4.12. The molecule has 19 heavy (non-hydrogen) atoms. The average Bonchev–Trinajstić information content (AvgIpc) is 2.40. The van der Waals surface area contributed by atoms with Crippen molar-refractivity contribution in [1.29, 1.82) is 0 Å². The van der Waals surface area contributed by atoms with Crippen LogP contribution in [0.5, 0.6) is 5.75 Å². The minimum Gasteiger partial charge on any atom is -0.494 e. The van der Waals surface area contributed by atoms with E-state index in [1.54, 1.807) is 12.1 Å². The Morgan fingerprint density at radius 1 is 1.26 bits per heavy atom. The number of hydrogen-bond acceptors (Lipinski definition) is 3. The summed E-state index contributed by atoms with van der Waals surface area (Å²) in [6.07, 6.45) is 2.95. The maximum atomic E-state index is 11.7. The van der Waals surface area contributed by atoms with E-state index in [1.165, 1.54) is 0 Å². The molecule has 0 radical (unpaired) electrons. The van der Waals surface area contributed by atoms with Gasteiger partial charge in [-0.15, -0.1) is 12.4 Å². The van der Waals surface area contributed by atoms with Crippen LogP contribution in [0.15, 0.2) is 24.3 Å². The van der Waals surface area contributed by atoms with Gasteiger partial charge in [0.15, 0.2) is 0 Å². The molecule has 0 fully saturated rings. The Balaban J connectivity index is 0.00000324. The van der Waals surface area contributed by atoms with Crippen LogP contribution in [0.4, 0.5) is 0 Å². The van der Waals surface area contributed by atoms with Crippen LogP contribution in [0.1, 0.15) is 36.5 Å². The second kappa shape index (κ2) is 10.6. The molecule has 0 atom stereocenters. The summed E-state index contributed by atoms with van der Waals surface area (Å²) >= 11 is 0. The molecular weight excluding hydrogens is 264 g/mol. The molecule has 1 aromatic rings. The molecule has 0 heterocycles. The number of benzene rings is 1. The number of rotatable bonds is 8. The molecular formula is C14H23ClN2O2. The molecule has 3 N–H and O–H groups in total. The SMILES string of the molecule is CCCCOc1ccc(C(=O)NCCCN)cc1.Cl. The number of hydrogen-bond donors (Lipinski definition) is 2. The van der Waals surface area contributed by atoms with Crippen LogP contribution in [0, 0.1) is 0 Å². The molecule has 4 nitrogen and oxygen atoms in total. The first-order valence-corrected chi connectivity index (χ1v) is 6.49. The van der Waals surface area contributed by atoms with Gasteiger partial charge in [0.2, 0.25) is 0 Å². The van der Waals surface area contributed by atoms with Crippen molar-refractivity contribution in [3.8, 4) is 5.75 Å². The van der Waals surface area contributed by atoms with E-state index < -0.39 is 0 Å². The number of carbonyl (C=O) groups excluding carboxylic acids is 1. The molecule has 1 amide bonds. The molecule has 108 valence electrons. The molecule has 5 heteroatoms. The van der Waals surface area contributed by atoms with E-state index in [0.29, 0.717) is 18.7 Å². The molecule has 0 aliphatic rings. The van der Waals surface area contributed by atoms with Crippen molar-refractivity contribution in [3.63, 3.8) is 0 Å². The van der Waals surface area contributed by atoms with Gasteiger partial charge in [0.25, 0.3) is 5.91 Å². The molecule has 0 unspecified atom stereocenters. The van der Waals surface area contributed by atoms with Gasteiger partial charge in [-0.2, -0.15) is 0 Å². The summed E-state index contributed by atoms with van der Waals surface area (Å²) in [6, 6.07) is 7.21. The zero-order chi connectivity index (χ0) is 13.2. The zero-order valence-electron chi connectivity index (χ0n) is 11.4. The number of amides is 1. The molecule has 0 aliphatic carbocycles. The Morgan fingerprint density at radius 3 is 2.53 bits per heavy atom. The number of nitrogens with two attached hydrogens (primary N) is 1. The molecule has 0 spiro atoms. The summed E-state index contributed by atoms with van der Waals surface area (Å²) in [4.78, 5) is 11.7. The highest BCUT2D eigenvalue weighted by Gasteiger charge is 2.04. The van der Waals surface area contributed by atoms with E-state index in [1.807, 2.05) is 12.1 Å². The van der Waals surface area contributed by atoms with Gasteiger partial charge in [0, 0.05) is 12.1 Å². The Morgan fingerprint density at radius 2 is 1.95 bits per heavy atom. The summed E-state index contributed by atoms with van der Waals surface area (Å²) in [7, 11) is 0. The van der Waals surface area contributed by atoms with Gasteiger partial charge in [0.05, 0.1) is 6.61 Å². The highest BCUT2D eigenvalue weighted by Crippen LogP contribution is 2.12. The van der Waals surface area contributed by atoms with Crippen molar-refractivity contribution in [2.24, 2.45) is 5.73 Å². The summed E-state index contributed by atoms with van der Waals surface area (Å²) in [6.45, 7) is 4.05. The fraction of sp³-hybridized carbons (Fsp3) is 0.500. The first-order valence-electron chi connectivity index (χ1n) is 6.49. The number of carbonyl (C=O) groups is 1. The van der Waals surface area contributed by atoms with Crippen LogP contribution < -0.4 is 15.8 Å². The lowest BCUT2D eigenvalue weighted by atomic mass is 10.2. The third-order valence-corrected chi connectivity index (χ3v) is 2.55. The Hall–Kier alpha value is -1.26. The Labute approximate surface area is 121 Å². The van der Waals surface area contributed by atoms with Crippen molar-refractivity contribution in [2.45, 2.75) is 26.2 Å². The van der Waals surface area contributed by atoms with Crippen molar-refractivity contribution < 1.29 is 9.53 Å². The Kier molecular flexibility index (Phi) is 9.94. The third-order valence-electron chi connectivity index (χ3n) is 2.55. The standard InChI is InChI=1S/C14H22N2O2.ClH/c1-2-3-11-18-13-7-5-12(6-8-13)14(17)16-10-4-9-15;/h5-8H,2-4,9-11,15H2,1H3,(H,16,17);1H. The molecule has 1 rings (SSSR count). The van der Waals surface area contributed by atoms with Crippen LogP contribution in [0.3, 0.4) is 0 Å². The highest BCUT2D eigenvalue weighted by atomic mass is 35.5. The lowest BCUT2D eigenvalue weighted by Crippen LogP contribution is -2.25. The van der Waals surface area contributed by atoms with E-state index in [4.69, 9.17) is 10.5 Å². The van der Waals surface area contributed by atoms with Crippen LogP contribution in [-0.4, -0.2) is 25.6 Å². The largest absolute Gasteiger partial charge is 0.494 e. The quantitative estimate of drug-likeness (QED) is 0.721. The van der Waals surface area contributed by atoms with Gasteiger partial charge in [-0.25, -0.2) is 0 Å². The minimum atomic E-state index is -0.0661. The van der Waals surface area contributed by atoms with E-state index in [0.717, 1.165) is 31.6 Å². The van der Waals surface area contributed by atoms with Gasteiger partial charge >= 0.3 is 0 Å². The predicted octanol–water partition coefficient (Wildman–Crippen LogP) is 2.37. The molecule has 0 saturated carbocycles. The lowest BCUT2D eigenvalue weighted by Gasteiger charge is -2.07. The van der Waals surface area contributed by atoms with Crippen LogP contribution in [0.2, 0.25) is 0 Å².